The summed E-state index contributed by atoms with van der Waals surface area (Å²) in [5.74, 6) is 0.713. The van der Waals surface area contributed by atoms with E-state index in [0.29, 0.717) is 32.7 Å². The lowest BCUT2D eigenvalue weighted by molar-refractivity contribution is 0.412. The molecule has 0 aliphatic carbocycles. The smallest absolute Gasteiger partial charge is 0.133 e. The van der Waals surface area contributed by atoms with Gasteiger partial charge in [0.15, 0.2) is 0 Å². The van der Waals surface area contributed by atoms with Gasteiger partial charge in [-0.15, -0.1) is 0 Å². The van der Waals surface area contributed by atoms with Gasteiger partial charge in [0.05, 0.1) is 38.2 Å². The number of rotatable bonds is 3. The average molecular weight is 470 g/mol. The maximum atomic E-state index is 9.43. The van der Waals surface area contributed by atoms with Crippen LogP contribution < -0.4 is 10.1 Å². The molecule has 0 aliphatic rings. The topological polar surface area (TPSA) is 57.9 Å². The van der Waals surface area contributed by atoms with Crippen LogP contribution in [-0.4, -0.2) is 12.1 Å². The van der Waals surface area contributed by atoms with E-state index in [1.807, 2.05) is 12.1 Å². The zero-order valence-corrected chi connectivity index (χ0v) is 16.1. The second-order valence-corrected chi connectivity index (χ2v) is 6.92. The molecule has 7 heteroatoms. The van der Waals surface area contributed by atoms with E-state index in [9.17, 15) is 5.26 Å². The fraction of sp³-hybridized carbons (Fsp3) is 0.0588. The number of anilines is 2. The molecule has 0 bridgehead atoms. The molecule has 0 saturated heterocycles. The van der Waals surface area contributed by atoms with E-state index < -0.39 is 0 Å². The molecular formula is C17H10Cl2IN3O. The average Bonchev–Trinajstić information content (AvgIpc) is 2.56. The van der Waals surface area contributed by atoms with E-state index in [0.717, 1.165) is 14.5 Å². The summed E-state index contributed by atoms with van der Waals surface area (Å²) in [6.45, 7) is 0. The first kappa shape index (κ1) is 17.1. The SMILES string of the molecule is COc1cc2c(Nc3ccc(Cl)cc3Cl)c(C#N)cnc2cc1I. The molecule has 1 N–H and O–H groups in total. The van der Waals surface area contributed by atoms with Crippen LogP contribution in [-0.2, 0) is 0 Å². The number of nitrogens with one attached hydrogen (secondary N) is 1. The monoisotopic (exact) mass is 469 g/mol. The minimum atomic E-state index is 0.414. The van der Waals surface area contributed by atoms with Crippen LogP contribution in [0.4, 0.5) is 11.4 Å². The van der Waals surface area contributed by atoms with Gasteiger partial charge >= 0.3 is 0 Å². The summed E-state index contributed by atoms with van der Waals surface area (Å²) in [5, 5.41) is 14.4. The molecule has 0 unspecified atom stereocenters. The van der Waals surface area contributed by atoms with Gasteiger partial charge in [-0.3, -0.25) is 4.98 Å². The summed E-state index contributed by atoms with van der Waals surface area (Å²) in [6, 6.07) is 11.1. The van der Waals surface area contributed by atoms with E-state index in [4.69, 9.17) is 27.9 Å². The van der Waals surface area contributed by atoms with Gasteiger partial charge in [-0.2, -0.15) is 5.26 Å². The van der Waals surface area contributed by atoms with Gasteiger partial charge in [-0.25, -0.2) is 0 Å². The molecule has 0 radical (unpaired) electrons. The highest BCUT2D eigenvalue weighted by Gasteiger charge is 2.13. The van der Waals surface area contributed by atoms with Crippen molar-refractivity contribution >= 4 is 68.1 Å². The molecule has 1 aromatic heterocycles. The summed E-state index contributed by atoms with van der Waals surface area (Å²) in [7, 11) is 1.61. The molecule has 0 spiro atoms. The number of benzene rings is 2. The van der Waals surface area contributed by atoms with Crippen LogP contribution in [0.2, 0.25) is 10.0 Å². The summed E-state index contributed by atoms with van der Waals surface area (Å²) in [5.41, 5.74) is 2.45. The molecule has 2 aromatic carbocycles. The first-order chi connectivity index (χ1) is 11.5. The maximum Gasteiger partial charge on any atom is 0.133 e. The van der Waals surface area contributed by atoms with Crippen LogP contribution in [0, 0.1) is 14.9 Å². The Bertz CT molecular complexity index is 986. The van der Waals surface area contributed by atoms with E-state index in [1.165, 1.54) is 6.20 Å². The minimum Gasteiger partial charge on any atom is -0.496 e. The fourth-order valence-electron chi connectivity index (χ4n) is 2.30. The quantitative estimate of drug-likeness (QED) is 0.494. The number of halogens is 3. The van der Waals surface area contributed by atoms with E-state index in [-0.39, 0.29) is 0 Å². The van der Waals surface area contributed by atoms with Crippen molar-refractivity contribution in [2.24, 2.45) is 0 Å². The molecular weight excluding hydrogens is 460 g/mol. The van der Waals surface area contributed by atoms with Gasteiger partial charge in [0.2, 0.25) is 0 Å². The van der Waals surface area contributed by atoms with Crippen LogP contribution in [0.5, 0.6) is 5.75 Å². The zero-order chi connectivity index (χ0) is 17.3. The Labute approximate surface area is 162 Å². The predicted molar refractivity (Wildman–Crippen MR) is 105 cm³/mol. The van der Waals surface area contributed by atoms with Gasteiger partial charge < -0.3 is 10.1 Å². The summed E-state index contributed by atoms with van der Waals surface area (Å²) < 4.78 is 6.32. The van der Waals surface area contributed by atoms with Gasteiger partial charge in [-0.1, -0.05) is 23.2 Å². The Hall–Kier alpha value is -1.75. The highest BCUT2D eigenvalue weighted by Crippen LogP contribution is 2.36. The van der Waals surface area contributed by atoms with Crippen molar-refractivity contribution < 1.29 is 4.74 Å². The van der Waals surface area contributed by atoms with Gasteiger partial charge in [0.1, 0.15) is 11.8 Å². The molecule has 0 amide bonds. The Morgan fingerprint density at radius 1 is 1.25 bits per heavy atom. The van der Waals surface area contributed by atoms with Crippen LogP contribution in [0.15, 0.2) is 36.5 Å². The summed E-state index contributed by atoms with van der Waals surface area (Å²) in [4.78, 5) is 4.35. The van der Waals surface area contributed by atoms with Gasteiger partial charge in [0, 0.05) is 16.6 Å². The standard InChI is InChI=1S/C17H10Cl2IN3O/c1-24-16-5-11-15(6-13(16)20)22-8-9(7-21)17(11)23-14-3-2-10(18)4-12(14)19/h2-6,8H,1H3,(H,22,23). The number of aromatic nitrogens is 1. The third kappa shape index (κ3) is 3.22. The van der Waals surface area contributed by atoms with Crippen molar-refractivity contribution in [2.75, 3.05) is 12.4 Å². The lowest BCUT2D eigenvalue weighted by Gasteiger charge is -2.14. The minimum absolute atomic E-state index is 0.414. The Morgan fingerprint density at radius 3 is 2.71 bits per heavy atom. The molecule has 4 nitrogen and oxygen atoms in total. The van der Waals surface area contributed by atoms with Crippen molar-refractivity contribution in [1.29, 1.82) is 5.26 Å². The van der Waals surface area contributed by atoms with E-state index in [2.05, 4.69) is 39.0 Å². The largest absolute Gasteiger partial charge is 0.496 e. The Morgan fingerprint density at radius 2 is 2.04 bits per heavy atom. The molecule has 0 fully saturated rings. The number of nitriles is 1. The third-order valence-electron chi connectivity index (χ3n) is 3.45. The molecule has 1 heterocycles. The first-order valence-corrected chi connectivity index (χ1v) is 8.65. The lowest BCUT2D eigenvalue weighted by Crippen LogP contribution is -1.98. The molecule has 0 aliphatic heterocycles. The van der Waals surface area contributed by atoms with E-state index >= 15 is 0 Å². The number of ether oxygens (including phenoxy) is 1. The number of nitrogens with zero attached hydrogens (tertiary/aromatic N) is 2. The van der Waals surface area contributed by atoms with Crippen molar-refractivity contribution in [3.05, 3.63) is 55.7 Å². The summed E-state index contributed by atoms with van der Waals surface area (Å²) in [6.07, 6.45) is 1.54. The van der Waals surface area contributed by atoms with E-state index in [1.54, 1.807) is 25.3 Å². The van der Waals surface area contributed by atoms with Gasteiger partial charge in [0.25, 0.3) is 0 Å². The van der Waals surface area contributed by atoms with Crippen LogP contribution >= 0.6 is 45.8 Å². The second-order valence-electron chi connectivity index (χ2n) is 4.91. The number of hydrogen-bond donors (Lipinski definition) is 1. The number of fused-ring (bicyclic) bond motifs is 1. The van der Waals surface area contributed by atoms with Crippen LogP contribution in [0.25, 0.3) is 10.9 Å². The fourth-order valence-corrected chi connectivity index (χ4v) is 3.42. The molecule has 0 saturated carbocycles. The molecule has 3 aromatic rings. The van der Waals surface area contributed by atoms with Crippen molar-refractivity contribution in [3.8, 4) is 11.8 Å². The van der Waals surface area contributed by atoms with Crippen LogP contribution in [0.1, 0.15) is 5.56 Å². The lowest BCUT2D eigenvalue weighted by atomic mass is 10.1. The third-order valence-corrected chi connectivity index (χ3v) is 4.84. The Balaban J connectivity index is 2.22. The van der Waals surface area contributed by atoms with Gasteiger partial charge in [-0.05, 0) is 52.9 Å². The molecule has 120 valence electrons. The zero-order valence-electron chi connectivity index (χ0n) is 12.4. The van der Waals surface area contributed by atoms with Crippen molar-refractivity contribution in [3.63, 3.8) is 0 Å². The maximum absolute atomic E-state index is 9.43. The normalized spacial score (nSPS) is 10.5. The predicted octanol–water partition coefficient (Wildman–Crippen LogP) is 5.77. The Kier molecular flexibility index (Phi) is 4.99. The molecule has 3 rings (SSSR count). The van der Waals surface area contributed by atoms with Crippen LogP contribution in [0.3, 0.4) is 0 Å². The van der Waals surface area contributed by atoms with Crippen molar-refractivity contribution in [1.82, 2.24) is 4.98 Å². The second kappa shape index (κ2) is 7.01. The molecule has 24 heavy (non-hydrogen) atoms. The molecule has 0 atom stereocenters. The summed E-state index contributed by atoms with van der Waals surface area (Å²) >= 11 is 14.4. The highest BCUT2D eigenvalue weighted by molar-refractivity contribution is 14.1. The first-order valence-electron chi connectivity index (χ1n) is 6.82. The number of methoxy groups -OCH3 is 1. The number of pyridine rings is 1. The van der Waals surface area contributed by atoms with Crippen molar-refractivity contribution in [2.45, 2.75) is 0 Å². The number of hydrogen-bond acceptors (Lipinski definition) is 4. The highest BCUT2D eigenvalue weighted by atomic mass is 127.